The third-order valence-electron chi connectivity index (χ3n) is 4.75. The number of carbonyl (C=O) groups excluding carboxylic acids is 1. The molecule has 1 atom stereocenters. The van der Waals surface area contributed by atoms with Gasteiger partial charge < -0.3 is 5.32 Å². The van der Waals surface area contributed by atoms with E-state index in [1.54, 1.807) is 31.2 Å². The summed E-state index contributed by atoms with van der Waals surface area (Å²) in [5.41, 5.74) is 0.705. The van der Waals surface area contributed by atoms with Crippen molar-refractivity contribution in [2.45, 2.75) is 24.3 Å². The summed E-state index contributed by atoms with van der Waals surface area (Å²) >= 11 is 0. The Labute approximate surface area is 177 Å². The van der Waals surface area contributed by atoms with Crippen molar-refractivity contribution in [2.75, 3.05) is 20.1 Å². The van der Waals surface area contributed by atoms with Crippen LogP contribution >= 0.6 is 0 Å². The maximum Gasteiger partial charge on any atom is 0.320 e. The van der Waals surface area contributed by atoms with Gasteiger partial charge in [-0.15, -0.1) is 0 Å². The van der Waals surface area contributed by atoms with Crippen LogP contribution in [0.1, 0.15) is 25.2 Å². The highest BCUT2D eigenvalue weighted by Gasteiger charge is 2.25. The number of likely N-dealkylation sites (N-methyl/N-ethyl adjacent to an activating group) is 1. The number of rotatable bonds is 8. The zero-order valence-electron chi connectivity index (χ0n) is 16.8. The van der Waals surface area contributed by atoms with Crippen LogP contribution in [0.5, 0.6) is 0 Å². The number of imidazole rings is 1. The van der Waals surface area contributed by atoms with E-state index in [2.05, 4.69) is 10.3 Å². The molecule has 3 aromatic rings. The molecule has 0 saturated heterocycles. The van der Waals surface area contributed by atoms with Crippen molar-refractivity contribution in [3.8, 4) is 0 Å². The molecule has 1 heterocycles. The van der Waals surface area contributed by atoms with Crippen LogP contribution in [0.3, 0.4) is 0 Å². The standard InChI is InChI=1S/C20H21F3N4O3S/c1-13(19-25-16-5-3-4-6-17(16)27(19)20(22)23)11-24-18(28)12-26(2)31(29,30)15-9-7-14(21)8-10-15/h3-10,13,20H,11-12H2,1-2H3,(H,24,28)/t13-/m1/s1. The van der Waals surface area contributed by atoms with Gasteiger partial charge in [-0.1, -0.05) is 19.1 Å². The van der Waals surface area contributed by atoms with Crippen molar-refractivity contribution in [1.82, 2.24) is 19.2 Å². The number of sulfonamides is 1. The number of halogens is 3. The average Bonchev–Trinajstić information content (AvgIpc) is 3.12. The van der Waals surface area contributed by atoms with E-state index in [1.165, 1.54) is 7.05 Å². The van der Waals surface area contributed by atoms with Gasteiger partial charge in [-0.05, 0) is 36.4 Å². The summed E-state index contributed by atoms with van der Waals surface area (Å²) in [4.78, 5) is 16.4. The molecule has 0 fully saturated rings. The molecule has 1 N–H and O–H groups in total. The highest BCUT2D eigenvalue weighted by molar-refractivity contribution is 7.89. The lowest BCUT2D eigenvalue weighted by Crippen LogP contribution is -2.39. The molecule has 0 unspecified atom stereocenters. The fraction of sp³-hybridized carbons (Fsp3) is 0.300. The first-order chi connectivity index (χ1) is 14.6. The Kier molecular flexibility index (Phi) is 6.65. The van der Waals surface area contributed by atoms with Crippen LogP contribution in [0.4, 0.5) is 13.2 Å². The summed E-state index contributed by atoms with van der Waals surface area (Å²) in [6, 6.07) is 10.7. The summed E-state index contributed by atoms with van der Waals surface area (Å²) in [5, 5.41) is 2.55. The van der Waals surface area contributed by atoms with E-state index in [0.717, 1.165) is 33.1 Å². The number of aromatic nitrogens is 2. The maximum absolute atomic E-state index is 13.6. The van der Waals surface area contributed by atoms with E-state index in [1.807, 2.05) is 0 Å². The van der Waals surface area contributed by atoms with Crippen LogP contribution in [-0.4, -0.2) is 48.3 Å². The van der Waals surface area contributed by atoms with E-state index >= 15 is 0 Å². The van der Waals surface area contributed by atoms with Crippen LogP contribution in [0.2, 0.25) is 0 Å². The minimum Gasteiger partial charge on any atom is -0.354 e. The summed E-state index contributed by atoms with van der Waals surface area (Å²) in [7, 11) is -2.77. The molecule has 0 radical (unpaired) electrons. The second-order valence-electron chi connectivity index (χ2n) is 7.03. The molecule has 3 rings (SSSR count). The molecular formula is C20H21F3N4O3S. The SMILES string of the molecule is C[C@H](CNC(=O)CN(C)S(=O)(=O)c1ccc(F)cc1)c1nc2ccccc2n1C(F)F. The first kappa shape index (κ1) is 22.8. The smallest absolute Gasteiger partial charge is 0.320 e. The number of hydrogen-bond donors (Lipinski definition) is 1. The fourth-order valence-corrected chi connectivity index (χ4v) is 4.23. The van der Waals surface area contributed by atoms with Gasteiger partial charge in [0, 0.05) is 19.5 Å². The van der Waals surface area contributed by atoms with E-state index in [4.69, 9.17) is 0 Å². The Hall–Kier alpha value is -2.92. The van der Waals surface area contributed by atoms with Crippen LogP contribution in [0.25, 0.3) is 11.0 Å². The lowest BCUT2D eigenvalue weighted by molar-refractivity contribution is -0.121. The number of para-hydroxylation sites is 2. The molecule has 0 aliphatic rings. The lowest BCUT2D eigenvalue weighted by atomic mass is 10.1. The molecule has 1 aromatic heterocycles. The van der Waals surface area contributed by atoms with Gasteiger partial charge in [0.15, 0.2) is 0 Å². The van der Waals surface area contributed by atoms with Gasteiger partial charge in [0.05, 0.1) is 22.5 Å². The van der Waals surface area contributed by atoms with Gasteiger partial charge in [0.2, 0.25) is 15.9 Å². The molecule has 166 valence electrons. The quantitative estimate of drug-likeness (QED) is 0.567. The van der Waals surface area contributed by atoms with Gasteiger partial charge in [-0.3, -0.25) is 9.36 Å². The Balaban J connectivity index is 1.66. The van der Waals surface area contributed by atoms with Crippen molar-refractivity contribution in [3.63, 3.8) is 0 Å². The Bertz CT molecular complexity index is 1180. The van der Waals surface area contributed by atoms with E-state index < -0.39 is 40.8 Å². The normalized spacial score (nSPS) is 13.1. The molecule has 31 heavy (non-hydrogen) atoms. The van der Waals surface area contributed by atoms with E-state index in [-0.39, 0.29) is 22.8 Å². The average molecular weight is 454 g/mol. The van der Waals surface area contributed by atoms with E-state index in [0.29, 0.717) is 5.52 Å². The van der Waals surface area contributed by atoms with Gasteiger partial charge >= 0.3 is 6.55 Å². The zero-order chi connectivity index (χ0) is 22.8. The highest BCUT2D eigenvalue weighted by Crippen LogP contribution is 2.27. The second-order valence-corrected chi connectivity index (χ2v) is 9.07. The number of fused-ring (bicyclic) bond motifs is 1. The number of nitrogens with zero attached hydrogens (tertiary/aromatic N) is 3. The second kappa shape index (κ2) is 9.06. The van der Waals surface area contributed by atoms with Crippen molar-refractivity contribution in [1.29, 1.82) is 0 Å². The summed E-state index contributed by atoms with van der Waals surface area (Å²) in [6.45, 7) is -1.66. The molecule has 7 nitrogen and oxygen atoms in total. The Morgan fingerprint density at radius 2 is 1.81 bits per heavy atom. The monoisotopic (exact) mass is 454 g/mol. The maximum atomic E-state index is 13.6. The molecular weight excluding hydrogens is 433 g/mol. The van der Waals surface area contributed by atoms with Crippen molar-refractivity contribution < 1.29 is 26.4 Å². The predicted octanol–water partition coefficient (Wildman–Crippen LogP) is 3.11. The minimum absolute atomic E-state index is 0.0146. The molecule has 0 bridgehead atoms. The van der Waals surface area contributed by atoms with Crippen molar-refractivity contribution in [2.24, 2.45) is 0 Å². The van der Waals surface area contributed by atoms with Gasteiger partial charge in [0.25, 0.3) is 0 Å². The molecule has 2 aromatic carbocycles. The Morgan fingerprint density at radius 3 is 2.45 bits per heavy atom. The summed E-state index contributed by atoms with van der Waals surface area (Å²) in [5.74, 6) is -1.63. The largest absolute Gasteiger partial charge is 0.354 e. The van der Waals surface area contributed by atoms with Crippen LogP contribution in [0, 0.1) is 5.82 Å². The number of benzene rings is 2. The summed E-state index contributed by atoms with van der Waals surface area (Å²) in [6.07, 6.45) is 0. The van der Waals surface area contributed by atoms with Crippen molar-refractivity contribution in [3.05, 3.63) is 60.2 Å². The third kappa shape index (κ3) is 4.88. The number of carbonyl (C=O) groups is 1. The van der Waals surface area contributed by atoms with Gasteiger partial charge in [-0.25, -0.2) is 17.8 Å². The molecule has 0 aliphatic carbocycles. The van der Waals surface area contributed by atoms with Crippen LogP contribution in [0.15, 0.2) is 53.4 Å². The minimum atomic E-state index is -3.99. The zero-order valence-corrected chi connectivity index (χ0v) is 17.6. The highest BCUT2D eigenvalue weighted by atomic mass is 32.2. The number of nitrogens with one attached hydrogen (secondary N) is 1. The third-order valence-corrected chi connectivity index (χ3v) is 6.57. The van der Waals surface area contributed by atoms with Crippen molar-refractivity contribution >= 4 is 27.0 Å². The van der Waals surface area contributed by atoms with Gasteiger partial charge in [-0.2, -0.15) is 13.1 Å². The lowest BCUT2D eigenvalue weighted by Gasteiger charge is -2.18. The predicted molar refractivity (Wildman–Crippen MR) is 109 cm³/mol. The van der Waals surface area contributed by atoms with Crippen LogP contribution in [-0.2, 0) is 14.8 Å². The fourth-order valence-electron chi connectivity index (χ4n) is 3.10. The number of alkyl halides is 2. The molecule has 11 heteroatoms. The molecule has 0 spiro atoms. The van der Waals surface area contributed by atoms with Crippen LogP contribution < -0.4 is 5.32 Å². The number of hydrogen-bond acceptors (Lipinski definition) is 4. The molecule has 0 saturated carbocycles. The topological polar surface area (TPSA) is 84.3 Å². The first-order valence-corrected chi connectivity index (χ1v) is 10.8. The van der Waals surface area contributed by atoms with Gasteiger partial charge in [0.1, 0.15) is 11.6 Å². The molecule has 0 aliphatic heterocycles. The van der Waals surface area contributed by atoms with E-state index in [9.17, 15) is 26.4 Å². The summed E-state index contributed by atoms with van der Waals surface area (Å²) < 4.78 is 66.8. The number of amides is 1. The Morgan fingerprint density at radius 1 is 1.16 bits per heavy atom. The first-order valence-electron chi connectivity index (χ1n) is 9.35. The molecule has 1 amide bonds.